The number of rotatable bonds is 5. The van der Waals surface area contributed by atoms with Crippen molar-refractivity contribution in [1.29, 1.82) is 0 Å². The molecular weight excluding hydrogens is 412 g/mol. The second-order valence-corrected chi connectivity index (χ2v) is 7.02. The normalized spacial score (nSPS) is 10.6. The molecule has 1 amide bonds. The molecule has 0 fully saturated rings. The highest BCUT2D eigenvalue weighted by Crippen LogP contribution is 2.24. The number of hydrogen-bond donors (Lipinski definition) is 1. The molecule has 1 aromatic heterocycles. The highest BCUT2D eigenvalue weighted by Gasteiger charge is 2.19. The van der Waals surface area contributed by atoms with E-state index in [1.165, 1.54) is 17.7 Å². The molecule has 27 heavy (non-hydrogen) atoms. The van der Waals surface area contributed by atoms with Crippen molar-refractivity contribution in [1.82, 2.24) is 9.78 Å². The minimum Gasteiger partial charge on any atom is -0.304 e. The molecule has 0 atom stereocenters. The SMILES string of the molecule is Cc1ccc(Cn2cc(Br)c(NC(=O)c3cccc([N+](=O)[O-])c3C)n2)cc1. The number of carbonyl (C=O) groups excluding carboxylic acids is 1. The van der Waals surface area contributed by atoms with Gasteiger partial charge in [0, 0.05) is 23.4 Å². The van der Waals surface area contributed by atoms with Crippen molar-refractivity contribution in [2.24, 2.45) is 0 Å². The zero-order chi connectivity index (χ0) is 19.6. The minimum atomic E-state index is -0.502. The van der Waals surface area contributed by atoms with E-state index >= 15 is 0 Å². The van der Waals surface area contributed by atoms with E-state index in [1.807, 2.05) is 31.2 Å². The third-order valence-corrected chi connectivity index (χ3v) is 4.74. The fourth-order valence-electron chi connectivity index (χ4n) is 2.69. The van der Waals surface area contributed by atoms with Crippen LogP contribution in [0.3, 0.4) is 0 Å². The van der Waals surface area contributed by atoms with E-state index in [2.05, 4.69) is 26.3 Å². The average molecular weight is 429 g/mol. The number of anilines is 1. The lowest BCUT2D eigenvalue weighted by Gasteiger charge is -2.06. The van der Waals surface area contributed by atoms with Gasteiger partial charge in [0.05, 0.1) is 15.9 Å². The van der Waals surface area contributed by atoms with Crippen molar-refractivity contribution in [3.8, 4) is 0 Å². The Bertz CT molecular complexity index is 1010. The molecule has 0 bridgehead atoms. The van der Waals surface area contributed by atoms with Crippen molar-refractivity contribution in [3.05, 3.63) is 85.5 Å². The summed E-state index contributed by atoms with van der Waals surface area (Å²) in [4.78, 5) is 23.1. The molecule has 7 nitrogen and oxygen atoms in total. The first-order valence-electron chi connectivity index (χ1n) is 8.19. The van der Waals surface area contributed by atoms with Crippen LogP contribution in [0.5, 0.6) is 0 Å². The van der Waals surface area contributed by atoms with Crippen LogP contribution >= 0.6 is 15.9 Å². The Hall–Kier alpha value is -3.00. The smallest absolute Gasteiger partial charge is 0.273 e. The topological polar surface area (TPSA) is 90.1 Å². The Morgan fingerprint density at radius 2 is 1.93 bits per heavy atom. The van der Waals surface area contributed by atoms with Gasteiger partial charge in [-0.25, -0.2) is 0 Å². The molecule has 0 aliphatic heterocycles. The molecular formula is C19H17BrN4O3. The number of nitrogens with zero attached hydrogens (tertiary/aromatic N) is 3. The molecule has 0 aliphatic rings. The van der Waals surface area contributed by atoms with Crippen LogP contribution in [0, 0.1) is 24.0 Å². The number of hydrogen-bond acceptors (Lipinski definition) is 4. The quantitative estimate of drug-likeness (QED) is 0.479. The number of nitro benzene ring substituents is 1. The van der Waals surface area contributed by atoms with Gasteiger partial charge in [0.2, 0.25) is 0 Å². The molecule has 1 N–H and O–H groups in total. The molecule has 0 radical (unpaired) electrons. The lowest BCUT2D eigenvalue weighted by molar-refractivity contribution is -0.385. The molecule has 3 rings (SSSR count). The predicted octanol–water partition coefficient (Wildman–Crippen LogP) is 4.47. The van der Waals surface area contributed by atoms with Gasteiger partial charge >= 0.3 is 0 Å². The van der Waals surface area contributed by atoms with Crippen molar-refractivity contribution in [2.45, 2.75) is 20.4 Å². The van der Waals surface area contributed by atoms with Gasteiger partial charge in [-0.05, 0) is 41.4 Å². The standard InChI is InChI=1S/C19H17BrN4O3/c1-12-6-8-14(9-7-12)10-23-11-16(20)18(22-23)21-19(25)15-4-3-5-17(13(15)2)24(26)27/h3-9,11H,10H2,1-2H3,(H,21,22,25). The van der Waals surface area contributed by atoms with Gasteiger partial charge in [-0.15, -0.1) is 0 Å². The van der Waals surface area contributed by atoms with Crippen LogP contribution in [0.15, 0.2) is 53.1 Å². The first-order chi connectivity index (χ1) is 12.8. The molecule has 1 heterocycles. The third kappa shape index (κ3) is 4.22. The van der Waals surface area contributed by atoms with Crippen LogP contribution < -0.4 is 5.32 Å². The van der Waals surface area contributed by atoms with E-state index in [4.69, 9.17) is 0 Å². The number of amides is 1. The second-order valence-electron chi connectivity index (χ2n) is 6.17. The van der Waals surface area contributed by atoms with Crippen LogP contribution in [0.1, 0.15) is 27.0 Å². The minimum absolute atomic E-state index is 0.0911. The summed E-state index contributed by atoms with van der Waals surface area (Å²) in [6, 6.07) is 12.5. The van der Waals surface area contributed by atoms with E-state index in [0.29, 0.717) is 22.4 Å². The molecule has 0 saturated heterocycles. The van der Waals surface area contributed by atoms with Gasteiger partial charge in [-0.1, -0.05) is 35.9 Å². The molecule has 2 aromatic carbocycles. The van der Waals surface area contributed by atoms with Crippen LogP contribution in [0.2, 0.25) is 0 Å². The van der Waals surface area contributed by atoms with Crippen molar-refractivity contribution < 1.29 is 9.72 Å². The fraction of sp³-hybridized carbons (Fsp3) is 0.158. The highest BCUT2D eigenvalue weighted by atomic mass is 79.9. The van der Waals surface area contributed by atoms with Gasteiger partial charge in [0.15, 0.2) is 5.82 Å². The highest BCUT2D eigenvalue weighted by molar-refractivity contribution is 9.10. The lowest BCUT2D eigenvalue weighted by atomic mass is 10.1. The maximum absolute atomic E-state index is 12.6. The first kappa shape index (κ1) is 18.8. The Labute approximate surface area is 164 Å². The number of aryl methyl sites for hydroxylation is 1. The third-order valence-electron chi connectivity index (χ3n) is 4.16. The number of nitro groups is 1. The summed E-state index contributed by atoms with van der Waals surface area (Å²) < 4.78 is 2.34. The van der Waals surface area contributed by atoms with Gasteiger partial charge < -0.3 is 5.32 Å². The molecule has 0 unspecified atom stereocenters. The number of nitrogens with one attached hydrogen (secondary N) is 1. The van der Waals surface area contributed by atoms with Crippen LogP contribution in [0.25, 0.3) is 0 Å². The summed E-state index contributed by atoms with van der Waals surface area (Å²) in [5.41, 5.74) is 2.73. The molecule has 0 aliphatic carbocycles. The Morgan fingerprint density at radius 3 is 2.59 bits per heavy atom. The van der Waals surface area contributed by atoms with Crippen LogP contribution in [0.4, 0.5) is 11.5 Å². The van der Waals surface area contributed by atoms with E-state index in [0.717, 1.165) is 5.56 Å². The second kappa shape index (κ2) is 7.71. The maximum atomic E-state index is 12.6. The fourth-order valence-corrected chi connectivity index (χ4v) is 3.10. The Morgan fingerprint density at radius 1 is 1.22 bits per heavy atom. The maximum Gasteiger partial charge on any atom is 0.273 e. The molecule has 0 spiro atoms. The number of carbonyl (C=O) groups is 1. The van der Waals surface area contributed by atoms with Gasteiger partial charge in [-0.3, -0.25) is 19.6 Å². The summed E-state index contributed by atoms with van der Waals surface area (Å²) >= 11 is 3.39. The van der Waals surface area contributed by atoms with Crippen molar-refractivity contribution in [3.63, 3.8) is 0 Å². The summed E-state index contributed by atoms with van der Waals surface area (Å²) in [5, 5.41) is 18.2. The number of benzene rings is 2. The van der Waals surface area contributed by atoms with E-state index < -0.39 is 10.8 Å². The summed E-state index contributed by atoms with van der Waals surface area (Å²) in [6.45, 7) is 4.14. The number of halogens is 1. The Balaban J connectivity index is 1.79. The zero-order valence-corrected chi connectivity index (χ0v) is 16.4. The van der Waals surface area contributed by atoms with Crippen LogP contribution in [-0.2, 0) is 6.54 Å². The molecule has 8 heteroatoms. The lowest BCUT2D eigenvalue weighted by Crippen LogP contribution is -2.15. The average Bonchev–Trinajstić information content (AvgIpc) is 2.96. The summed E-state index contributed by atoms with van der Waals surface area (Å²) in [6.07, 6.45) is 1.77. The predicted molar refractivity (Wildman–Crippen MR) is 106 cm³/mol. The van der Waals surface area contributed by atoms with Gasteiger partial charge in [-0.2, -0.15) is 5.10 Å². The van der Waals surface area contributed by atoms with E-state index in [1.54, 1.807) is 23.9 Å². The summed E-state index contributed by atoms with van der Waals surface area (Å²) in [5.74, 6) is -0.0875. The van der Waals surface area contributed by atoms with Crippen molar-refractivity contribution >= 4 is 33.3 Å². The molecule has 0 saturated carbocycles. The Kier molecular flexibility index (Phi) is 5.36. The van der Waals surface area contributed by atoms with E-state index in [9.17, 15) is 14.9 Å². The summed E-state index contributed by atoms with van der Waals surface area (Å²) in [7, 11) is 0. The largest absolute Gasteiger partial charge is 0.304 e. The molecule has 138 valence electrons. The van der Waals surface area contributed by atoms with Crippen LogP contribution in [-0.4, -0.2) is 20.6 Å². The van der Waals surface area contributed by atoms with Crippen molar-refractivity contribution in [2.75, 3.05) is 5.32 Å². The van der Waals surface area contributed by atoms with Gasteiger partial charge in [0.1, 0.15) is 0 Å². The number of aromatic nitrogens is 2. The monoisotopic (exact) mass is 428 g/mol. The first-order valence-corrected chi connectivity index (χ1v) is 8.98. The van der Waals surface area contributed by atoms with Gasteiger partial charge in [0.25, 0.3) is 11.6 Å². The zero-order valence-electron chi connectivity index (χ0n) is 14.8. The van der Waals surface area contributed by atoms with E-state index in [-0.39, 0.29) is 11.3 Å². The molecule has 3 aromatic rings.